The SMILES string of the molecule is C=C(c1ccc(CCc2ccc(N(CC)Cc3ccc(-c4ccc(C)cc4)cc3)cc2)cc1)c1ccc(N(CC)Cc2ccc(-c3ccc(C)cc3)cc2)cc1. The molecule has 0 amide bonds. The highest BCUT2D eigenvalue weighted by Crippen LogP contribution is 2.28. The quantitative estimate of drug-likeness (QED) is 0.104. The predicted octanol–water partition coefficient (Wildman–Crippen LogP) is 13.5. The fourth-order valence-corrected chi connectivity index (χ4v) is 7.38. The van der Waals surface area contributed by atoms with Crippen molar-refractivity contribution in [3.63, 3.8) is 0 Å². The van der Waals surface area contributed by atoms with Gasteiger partial charge in [-0.1, -0.05) is 163 Å². The molecule has 0 atom stereocenters. The van der Waals surface area contributed by atoms with E-state index in [0.717, 1.165) is 55.7 Å². The van der Waals surface area contributed by atoms with Crippen molar-refractivity contribution in [2.24, 2.45) is 0 Å². The van der Waals surface area contributed by atoms with Crippen LogP contribution in [0.25, 0.3) is 27.8 Å². The Hall–Kier alpha value is -6.12. The standard InChI is InChI=1S/C54H54N2/c1-6-55(38-45-16-28-51(29-17-45)49-22-8-40(3)9-23-49)53-34-20-44(21-35-53)13-12-43-14-26-47(27-15-43)42(5)48-32-36-54(37-33-48)56(7-2)39-46-18-30-52(31-19-46)50-24-10-41(4)11-25-50/h8-11,14-37H,5-7,12-13,38-39H2,1-4H3. The zero-order valence-corrected chi connectivity index (χ0v) is 33.5. The van der Waals surface area contributed by atoms with Crippen LogP contribution in [0.2, 0.25) is 0 Å². The van der Waals surface area contributed by atoms with Crippen LogP contribution >= 0.6 is 0 Å². The second kappa shape index (κ2) is 18.0. The molecule has 2 heteroatoms. The molecule has 0 saturated carbocycles. The second-order valence-electron chi connectivity index (χ2n) is 15.0. The van der Waals surface area contributed by atoms with Crippen LogP contribution < -0.4 is 9.80 Å². The minimum absolute atomic E-state index is 0.873. The molecule has 7 aromatic carbocycles. The number of nitrogens with zero attached hydrogens (tertiary/aromatic N) is 2. The lowest BCUT2D eigenvalue weighted by molar-refractivity contribution is 0.831. The van der Waals surface area contributed by atoms with Gasteiger partial charge in [0.05, 0.1) is 0 Å². The Morgan fingerprint density at radius 2 is 0.661 bits per heavy atom. The summed E-state index contributed by atoms with van der Waals surface area (Å²) in [7, 11) is 0. The van der Waals surface area contributed by atoms with E-state index in [2.05, 4.69) is 214 Å². The van der Waals surface area contributed by atoms with Crippen LogP contribution in [0.4, 0.5) is 11.4 Å². The summed E-state index contributed by atoms with van der Waals surface area (Å²) in [5.41, 5.74) is 18.8. The predicted molar refractivity (Wildman–Crippen MR) is 242 cm³/mol. The monoisotopic (exact) mass is 730 g/mol. The fraction of sp³-hybridized carbons (Fsp3) is 0.185. The molecule has 0 aliphatic carbocycles. The van der Waals surface area contributed by atoms with E-state index in [0.29, 0.717) is 0 Å². The molecule has 7 aromatic rings. The van der Waals surface area contributed by atoms with E-state index in [-0.39, 0.29) is 0 Å². The molecule has 0 saturated heterocycles. The second-order valence-corrected chi connectivity index (χ2v) is 15.0. The first-order chi connectivity index (χ1) is 27.3. The molecule has 0 N–H and O–H groups in total. The van der Waals surface area contributed by atoms with Gasteiger partial charge in [0.1, 0.15) is 0 Å². The minimum atomic E-state index is 0.873. The van der Waals surface area contributed by atoms with Crippen LogP contribution in [-0.4, -0.2) is 13.1 Å². The molecule has 0 bridgehead atoms. The summed E-state index contributed by atoms with van der Waals surface area (Å²) in [6, 6.07) is 62.5. The Morgan fingerprint density at radius 3 is 1.02 bits per heavy atom. The summed E-state index contributed by atoms with van der Waals surface area (Å²) in [4.78, 5) is 4.86. The Bertz CT molecular complexity index is 2300. The van der Waals surface area contributed by atoms with Crippen LogP contribution in [-0.2, 0) is 25.9 Å². The molecular formula is C54H54N2. The summed E-state index contributed by atoms with van der Waals surface area (Å²) in [6.07, 6.45) is 2.02. The Labute approximate surface area is 335 Å². The molecule has 280 valence electrons. The molecule has 0 aliphatic rings. The zero-order chi connectivity index (χ0) is 38.9. The van der Waals surface area contributed by atoms with Gasteiger partial charge in [0.25, 0.3) is 0 Å². The molecule has 0 fully saturated rings. The minimum Gasteiger partial charge on any atom is -0.367 e. The molecule has 0 aromatic heterocycles. The van der Waals surface area contributed by atoms with Crippen molar-refractivity contribution >= 4 is 16.9 Å². The van der Waals surface area contributed by atoms with Crippen molar-refractivity contribution in [2.75, 3.05) is 22.9 Å². The summed E-state index contributed by atoms with van der Waals surface area (Å²) in [5, 5.41) is 0. The van der Waals surface area contributed by atoms with Gasteiger partial charge in [-0.15, -0.1) is 0 Å². The zero-order valence-electron chi connectivity index (χ0n) is 33.5. The molecule has 0 aliphatic heterocycles. The lowest BCUT2D eigenvalue weighted by Gasteiger charge is -2.24. The third-order valence-corrected chi connectivity index (χ3v) is 11.1. The number of aryl methyl sites for hydroxylation is 4. The van der Waals surface area contributed by atoms with E-state index in [1.807, 2.05) is 0 Å². The van der Waals surface area contributed by atoms with Crippen molar-refractivity contribution in [1.29, 1.82) is 0 Å². The first kappa shape index (κ1) is 38.2. The average molecular weight is 731 g/mol. The van der Waals surface area contributed by atoms with E-state index in [1.54, 1.807) is 0 Å². The van der Waals surface area contributed by atoms with Crippen molar-refractivity contribution in [3.8, 4) is 22.3 Å². The third kappa shape index (κ3) is 9.57. The maximum absolute atomic E-state index is 4.48. The van der Waals surface area contributed by atoms with Crippen molar-refractivity contribution < 1.29 is 0 Å². The van der Waals surface area contributed by atoms with Gasteiger partial charge in [-0.3, -0.25) is 0 Å². The van der Waals surface area contributed by atoms with Crippen LogP contribution in [0, 0.1) is 13.8 Å². The third-order valence-electron chi connectivity index (χ3n) is 11.1. The Kier molecular flexibility index (Phi) is 12.3. The van der Waals surface area contributed by atoms with Crippen molar-refractivity contribution in [3.05, 3.63) is 221 Å². The fourth-order valence-electron chi connectivity index (χ4n) is 7.38. The Morgan fingerprint density at radius 1 is 0.375 bits per heavy atom. The van der Waals surface area contributed by atoms with E-state index in [1.165, 1.54) is 67.0 Å². The first-order valence-corrected chi connectivity index (χ1v) is 20.1. The largest absolute Gasteiger partial charge is 0.367 e. The van der Waals surface area contributed by atoms with E-state index >= 15 is 0 Å². The van der Waals surface area contributed by atoms with Crippen LogP contribution in [0.1, 0.15) is 58.4 Å². The number of anilines is 2. The highest BCUT2D eigenvalue weighted by molar-refractivity contribution is 5.79. The van der Waals surface area contributed by atoms with Crippen LogP contribution in [0.5, 0.6) is 0 Å². The van der Waals surface area contributed by atoms with Gasteiger partial charge in [0, 0.05) is 37.6 Å². The van der Waals surface area contributed by atoms with Gasteiger partial charge in [-0.05, 0) is 126 Å². The molecule has 0 radical (unpaired) electrons. The van der Waals surface area contributed by atoms with E-state index in [9.17, 15) is 0 Å². The van der Waals surface area contributed by atoms with Gasteiger partial charge >= 0.3 is 0 Å². The lowest BCUT2D eigenvalue weighted by Crippen LogP contribution is -2.21. The molecule has 2 nitrogen and oxygen atoms in total. The molecule has 7 rings (SSSR count). The van der Waals surface area contributed by atoms with E-state index in [4.69, 9.17) is 0 Å². The van der Waals surface area contributed by atoms with Crippen molar-refractivity contribution in [1.82, 2.24) is 0 Å². The summed E-state index contributed by atoms with van der Waals surface area (Å²) >= 11 is 0. The van der Waals surface area contributed by atoms with Gasteiger partial charge < -0.3 is 9.80 Å². The van der Waals surface area contributed by atoms with Gasteiger partial charge in [-0.2, -0.15) is 0 Å². The number of hydrogen-bond acceptors (Lipinski definition) is 2. The van der Waals surface area contributed by atoms with Crippen LogP contribution in [0.15, 0.2) is 176 Å². The molecule has 0 spiro atoms. The summed E-state index contributed by atoms with van der Waals surface area (Å²) in [5.74, 6) is 0. The van der Waals surface area contributed by atoms with E-state index < -0.39 is 0 Å². The molecule has 0 heterocycles. The maximum Gasteiger partial charge on any atom is 0.0429 e. The average Bonchev–Trinajstić information content (AvgIpc) is 3.25. The highest BCUT2D eigenvalue weighted by atomic mass is 15.1. The number of rotatable bonds is 15. The summed E-state index contributed by atoms with van der Waals surface area (Å²) < 4.78 is 0. The molecule has 0 unspecified atom stereocenters. The molecule has 56 heavy (non-hydrogen) atoms. The van der Waals surface area contributed by atoms with Gasteiger partial charge in [0.2, 0.25) is 0 Å². The van der Waals surface area contributed by atoms with Crippen molar-refractivity contribution in [2.45, 2.75) is 53.6 Å². The smallest absolute Gasteiger partial charge is 0.0429 e. The number of benzene rings is 7. The maximum atomic E-state index is 4.48. The number of hydrogen-bond donors (Lipinski definition) is 0. The lowest BCUT2D eigenvalue weighted by atomic mass is 9.96. The topological polar surface area (TPSA) is 6.48 Å². The first-order valence-electron chi connectivity index (χ1n) is 20.1. The normalized spacial score (nSPS) is 11.0. The van der Waals surface area contributed by atoms with Gasteiger partial charge in [-0.25, -0.2) is 0 Å². The highest BCUT2D eigenvalue weighted by Gasteiger charge is 2.10. The van der Waals surface area contributed by atoms with Crippen LogP contribution in [0.3, 0.4) is 0 Å². The Balaban J connectivity index is 0.899. The van der Waals surface area contributed by atoms with Gasteiger partial charge in [0.15, 0.2) is 0 Å². The summed E-state index contributed by atoms with van der Waals surface area (Å²) in [6.45, 7) is 16.9. The molecular weight excluding hydrogens is 677 g/mol.